The second-order valence-electron chi connectivity index (χ2n) is 6.34. The van der Waals surface area contributed by atoms with Gasteiger partial charge < -0.3 is 19.7 Å². The maximum Gasteiger partial charge on any atom is 0.341 e. The number of nitrogens with zero attached hydrogens (tertiary/aromatic N) is 2. The molecule has 2 aromatic rings. The van der Waals surface area contributed by atoms with Crippen molar-refractivity contribution in [2.24, 2.45) is 0 Å². The minimum atomic E-state index is -1.06. The van der Waals surface area contributed by atoms with Crippen LogP contribution in [0, 0.1) is 20.8 Å². The number of amides is 1. The van der Waals surface area contributed by atoms with Crippen LogP contribution in [0.5, 0.6) is 5.75 Å². The number of carboxylic acid groups (broad SMARTS) is 1. The number of nitrogens with one attached hydrogen (secondary N) is 1. The van der Waals surface area contributed by atoms with Crippen LogP contribution in [0.1, 0.15) is 47.0 Å². The highest BCUT2D eigenvalue weighted by atomic mass is 16.5. The van der Waals surface area contributed by atoms with E-state index in [9.17, 15) is 9.59 Å². The van der Waals surface area contributed by atoms with Crippen LogP contribution >= 0.6 is 0 Å². The number of carbonyl (C=O) groups is 2. The van der Waals surface area contributed by atoms with Crippen molar-refractivity contribution in [1.82, 2.24) is 15.5 Å². The van der Waals surface area contributed by atoms with Crippen LogP contribution in [0.4, 0.5) is 0 Å². The van der Waals surface area contributed by atoms with Crippen LogP contribution in [-0.2, 0) is 10.3 Å². The Morgan fingerprint density at radius 3 is 2.32 bits per heavy atom. The van der Waals surface area contributed by atoms with E-state index in [1.54, 1.807) is 46.8 Å². The summed E-state index contributed by atoms with van der Waals surface area (Å²) in [5.41, 5.74) is 0.986. The lowest BCUT2D eigenvalue weighted by Gasteiger charge is -2.23. The van der Waals surface area contributed by atoms with Gasteiger partial charge in [0.15, 0.2) is 12.4 Å². The van der Waals surface area contributed by atoms with Crippen LogP contribution in [0.3, 0.4) is 0 Å². The summed E-state index contributed by atoms with van der Waals surface area (Å²) in [7, 11) is 0. The molecule has 0 unspecified atom stereocenters. The van der Waals surface area contributed by atoms with Gasteiger partial charge in [-0.25, -0.2) is 4.79 Å². The maximum absolute atomic E-state index is 12.6. The third-order valence-electron chi connectivity index (χ3n) is 3.58. The molecule has 0 saturated heterocycles. The fourth-order valence-electron chi connectivity index (χ4n) is 2.41. The van der Waals surface area contributed by atoms with Crippen molar-refractivity contribution in [1.29, 1.82) is 0 Å². The Hall–Kier alpha value is -2.90. The summed E-state index contributed by atoms with van der Waals surface area (Å²) >= 11 is 0. The van der Waals surface area contributed by atoms with Gasteiger partial charge in [0, 0.05) is 12.5 Å². The summed E-state index contributed by atoms with van der Waals surface area (Å²) < 4.78 is 10.2. The average Bonchev–Trinajstić information content (AvgIpc) is 2.93. The summed E-state index contributed by atoms with van der Waals surface area (Å²) in [6.07, 6.45) is 0. The van der Waals surface area contributed by atoms with E-state index in [4.69, 9.17) is 14.4 Å². The van der Waals surface area contributed by atoms with Crippen molar-refractivity contribution in [3.63, 3.8) is 0 Å². The van der Waals surface area contributed by atoms with E-state index in [1.807, 2.05) is 0 Å². The van der Waals surface area contributed by atoms with Gasteiger partial charge >= 0.3 is 5.97 Å². The molecule has 2 N–H and O–H groups in total. The Balaban J connectivity index is 2.20. The van der Waals surface area contributed by atoms with Crippen LogP contribution in [0.15, 0.2) is 16.7 Å². The number of carboxylic acids is 1. The average molecular weight is 347 g/mol. The van der Waals surface area contributed by atoms with E-state index in [0.717, 1.165) is 0 Å². The SMILES string of the molecule is Cc1nc(C(C)(C)NC(=O)c2cc(C)c(OCC(=O)O)c(C)c2)no1. The molecule has 25 heavy (non-hydrogen) atoms. The normalized spacial score (nSPS) is 11.2. The van der Waals surface area contributed by atoms with Gasteiger partial charge in [-0.15, -0.1) is 0 Å². The molecule has 1 heterocycles. The Bertz CT molecular complexity index is 787. The number of hydrogen-bond donors (Lipinski definition) is 2. The second-order valence-corrected chi connectivity index (χ2v) is 6.34. The first-order valence-corrected chi connectivity index (χ1v) is 7.69. The minimum Gasteiger partial charge on any atom is -0.481 e. The standard InChI is InChI=1S/C17H21N3O5/c1-9-6-12(7-10(2)14(9)24-8-13(21)22)15(23)19-17(4,5)16-18-11(3)25-20-16/h6-7H,8H2,1-5H3,(H,19,23)(H,21,22). The maximum atomic E-state index is 12.6. The predicted molar refractivity (Wildman–Crippen MR) is 88.6 cm³/mol. The van der Waals surface area contributed by atoms with E-state index in [2.05, 4.69) is 15.5 Å². The number of aromatic nitrogens is 2. The van der Waals surface area contributed by atoms with E-state index >= 15 is 0 Å². The number of hydrogen-bond acceptors (Lipinski definition) is 6. The lowest BCUT2D eigenvalue weighted by Crippen LogP contribution is -2.42. The fraction of sp³-hybridized carbons (Fsp3) is 0.412. The van der Waals surface area contributed by atoms with Gasteiger partial charge in [-0.3, -0.25) is 4.79 Å². The largest absolute Gasteiger partial charge is 0.481 e. The zero-order valence-corrected chi connectivity index (χ0v) is 14.8. The number of rotatable bonds is 6. The quantitative estimate of drug-likeness (QED) is 0.822. The number of aliphatic carboxylic acids is 1. The molecule has 0 bridgehead atoms. The van der Waals surface area contributed by atoms with Gasteiger partial charge in [-0.05, 0) is 51.0 Å². The summed E-state index contributed by atoms with van der Waals surface area (Å²) in [4.78, 5) is 27.4. The first kappa shape index (κ1) is 18.4. The van der Waals surface area contributed by atoms with E-state index < -0.39 is 18.1 Å². The molecule has 134 valence electrons. The Labute approximate surface area is 145 Å². The first-order valence-electron chi connectivity index (χ1n) is 7.69. The van der Waals surface area contributed by atoms with Crippen molar-refractivity contribution >= 4 is 11.9 Å². The molecular weight excluding hydrogens is 326 g/mol. The van der Waals surface area contributed by atoms with Crippen molar-refractivity contribution in [3.8, 4) is 5.75 Å². The summed E-state index contributed by atoms with van der Waals surface area (Å²) in [5, 5.41) is 15.4. The summed E-state index contributed by atoms with van der Waals surface area (Å²) in [6.45, 7) is 8.32. The zero-order chi connectivity index (χ0) is 18.8. The molecule has 0 saturated carbocycles. The molecule has 1 amide bonds. The van der Waals surface area contributed by atoms with Crippen molar-refractivity contribution in [2.45, 2.75) is 40.2 Å². The third-order valence-corrected chi connectivity index (χ3v) is 3.58. The lowest BCUT2D eigenvalue weighted by molar-refractivity contribution is -0.139. The smallest absolute Gasteiger partial charge is 0.341 e. The number of carbonyl (C=O) groups excluding carboxylic acids is 1. The minimum absolute atomic E-state index is 0.302. The summed E-state index contributed by atoms with van der Waals surface area (Å²) in [6, 6.07) is 3.30. The Kier molecular flexibility index (Phi) is 5.10. The summed E-state index contributed by atoms with van der Waals surface area (Å²) in [5.74, 6) is -0.0923. The van der Waals surface area contributed by atoms with Crippen molar-refractivity contribution in [3.05, 3.63) is 40.5 Å². The topological polar surface area (TPSA) is 115 Å². The Morgan fingerprint density at radius 1 is 1.24 bits per heavy atom. The lowest BCUT2D eigenvalue weighted by atomic mass is 10.0. The van der Waals surface area contributed by atoms with Crippen LogP contribution < -0.4 is 10.1 Å². The van der Waals surface area contributed by atoms with Crippen molar-refractivity contribution in [2.75, 3.05) is 6.61 Å². The van der Waals surface area contributed by atoms with Crippen LogP contribution in [0.25, 0.3) is 0 Å². The van der Waals surface area contributed by atoms with Gasteiger partial charge in [0.2, 0.25) is 5.89 Å². The van der Waals surface area contributed by atoms with Crippen LogP contribution in [-0.4, -0.2) is 33.7 Å². The molecule has 2 rings (SSSR count). The molecule has 0 fully saturated rings. The molecule has 0 radical (unpaired) electrons. The fourth-order valence-corrected chi connectivity index (χ4v) is 2.41. The molecule has 0 aliphatic rings. The molecule has 0 atom stereocenters. The van der Waals surface area contributed by atoms with Gasteiger partial charge in [-0.1, -0.05) is 5.16 Å². The van der Waals surface area contributed by atoms with Gasteiger partial charge in [0.05, 0.1) is 5.54 Å². The molecule has 8 heteroatoms. The van der Waals surface area contributed by atoms with Gasteiger partial charge in [0.1, 0.15) is 5.75 Å². The van der Waals surface area contributed by atoms with E-state index in [0.29, 0.717) is 34.2 Å². The van der Waals surface area contributed by atoms with Gasteiger partial charge in [-0.2, -0.15) is 4.98 Å². The first-order chi connectivity index (χ1) is 11.6. The zero-order valence-electron chi connectivity index (χ0n) is 14.8. The van der Waals surface area contributed by atoms with E-state index in [1.165, 1.54) is 0 Å². The van der Waals surface area contributed by atoms with Crippen molar-refractivity contribution < 1.29 is 24.0 Å². The number of aryl methyl sites for hydroxylation is 3. The number of ether oxygens (including phenoxy) is 1. The molecule has 0 aliphatic carbocycles. The highest BCUT2D eigenvalue weighted by Gasteiger charge is 2.29. The molecule has 8 nitrogen and oxygen atoms in total. The Morgan fingerprint density at radius 2 is 1.84 bits per heavy atom. The predicted octanol–water partition coefficient (Wildman–Crippen LogP) is 2.12. The number of benzene rings is 1. The molecule has 0 spiro atoms. The third kappa shape index (κ3) is 4.34. The molecule has 1 aromatic heterocycles. The highest BCUT2D eigenvalue weighted by molar-refractivity contribution is 5.95. The van der Waals surface area contributed by atoms with Crippen LogP contribution in [0.2, 0.25) is 0 Å². The van der Waals surface area contributed by atoms with E-state index in [-0.39, 0.29) is 5.91 Å². The molecule has 0 aliphatic heterocycles. The monoisotopic (exact) mass is 347 g/mol. The molecular formula is C17H21N3O5. The van der Waals surface area contributed by atoms with Gasteiger partial charge in [0.25, 0.3) is 5.91 Å². The molecule has 1 aromatic carbocycles. The highest BCUT2D eigenvalue weighted by Crippen LogP contribution is 2.26. The second kappa shape index (κ2) is 6.92.